The van der Waals surface area contributed by atoms with E-state index < -0.39 is 0 Å². The van der Waals surface area contributed by atoms with E-state index in [0.29, 0.717) is 11.3 Å². The Bertz CT molecular complexity index is 557. The predicted octanol–water partition coefficient (Wildman–Crippen LogP) is 1.96. The minimum Gasteiger partial charge on any atom is -0.249 e. The monoisotopic (exact) mass is 227 g/mol. The summed E-state index contributed by atoms with van der Waals surface area (Å²) in [6.07, 6.45) is 10.8. The largest absolute Gasteiger partial charge is 0.262 e. The van der Waals surface area contributed by atoms with Gasteiger partial charge in [0, 0.05) is 11.8 Å². The van der Waals surface area contributed by atoms with Gasteiger partial charge in [0.1, 0.15) is 0 Å². The fourth-order valence-electron chi connectivity index (χ4n) is 2.61. The number of thioether (sulfide) groups is 1. The zero-order valence-electron chi connectivity index (χ0n) is 8.71. The number of allylic oxidation sites excluding steroid dienone is 2. The van der Waals surface area contributed by atoms with Crippen LogP contribution in [-0.2, 0) is 6.54 Å². The van der Waals surface area contributed by atoms with Crippen LogP contribution in [0.25, 0.3) is 0 Å². The van der Waals surface area contributed by atoms with Gasteiger partial charge >= 0.3 is 0 Å². The van der Waals surface area contributed by atoms with Crippen molar-refractivity contribution < 1.29 is 4.58 Å². The van der Waals surface area contributed by atoms with Gasteiger partial charge in [-0.05, 0) is 30.0 Å². The summed E-state index contributed by atoms with van der Waals surface area (Å²) in [6, 6.07) is 4.74. The lowest BCUT2D eigenvalue weighted by Crippen LogP contribution is -2.27. The Labute approximate surface area is 98.4 Å². The summed E-state index contributed by atoms with van der Waals surface area (Å²) < 4.78 is 2.48. The number of nitrogens with zero attached hydrogens (tertiary/aromatic N) is 2. The third kappa shape index (κ3) is 1.04. The summed E-state index contributed by atoms with van der Waals surface area (Å²) in [6.45, 7) is 1.02. The van der Waals surface area contributed by atoms with Gasteiger partial charge in [-0.3, -0.25) is 0 Å². The third-order valence-corrected chi connectivity index (χ3v) is 4.72. The van der Waals surface area contributed by atoms with Gasteiger partial charge in [0.05, 0.1) is 5.25 Å². The van der Waals surface area contributed by atoms with Gasteiger partial charge < -0.3 is 0 Å². The highest BCUT2D eigenvalue weighted by Gasteiger charge is 2.46. The van der Waals surface area contributed by atoms with Crippen LogP contribution in [0, 0.1) is 0 Å². The van der Waals surface area contributed by atoms with Crippen LogP contribution >= 0.6 is 11.8 Å². The summed E-state index contributed by atoms with van der Waals surface area (Å²) >= 11 is 1.95. The standard InChI is InChI=1S/C13H11N2S/c1-2-6-11-10(5-1)15-8-9-4-3-7-14-12(9)13(15)16-11/h1-7,10-11H,8H2/q+1. The quantitative estimate of drug-likeness (QED) is 0.630. The van der Waals surface area contributed by atoms with Crippen LogP contribution in [0.3, 0.4) is 0 Å². The smallest absolute Gasteiger partial charge is 0.249 e. The molecule has 1 aromatic rings. The van der Waals surface area contributed by atoms with Crippen LogP contribution in [0.2, 0.25) is 0 Å². The topological polar surface area (TPSA) is 15.9 Å². The second-order valence-electron chi connectivity index (χ2n) is 4.29. The lowest BCUT2D eigenvalue weighted by Gasteiger charge is -2.12. The molecule has 0 amide bonds. The molecular weight excluding hydrogens is 216 g/mol. The zero-order valence-corrected chi connectivity index (χ0v) is 9.52. The highest BCUT2D eigenvalue weighted by atomic mass is 32.2. The average Bonchev–Trinajstić information content (AvgIpc) is 2.85. The number of hydrogen-bond donors (Lipinski definition) is 0. The molecule has 0 saturated carbocycles. The van der Waals surface area contributed by atoms with Crippen molar-refractivity contribution in [2.24, 2.45) is 0 Å². The van der Waals surface area contributed by atoms with Crippen molar-refractivity contribution in [2.45, 2.75) is 17.8 Å². The lowest BCUT2D eigenvalue weighted by atomic mass is 10.1. The molecule has 0 bridgehead atoms. The maximum Gasteiger partial charge on any atom is 0.262 e. The van der Waals surface area contributed by atoms with Gasteiger partial charge in [-0.2, -0.15) is 0 Å². The molecule has 0 radical (unpaired) electrons. The van der Waals surface area contributed by atoms with Gasteiger partial charge in [0.15, 0.2) is 18.3 Å². The van der Waals surface area contributed by atoms with Crippen LogP contribution in [0.5, 0.6) is 0 Å². The molecule has 2 atom stereocenters. The first-order valence-electron chi connectivity index (χ1n) is 5.53. The number of fused-ring (bicyclic) bond motifs is 4. The molecule has 3 heteroatoms. The van der Waals surface area contributed by atoms with Crippen LogP contribution in [0.1, 0.15) is 11.3 Å². The van der Waals surface area contributed by atoms with E-state index in [1.165, 1.54) is 16.3 Å². The van der Waals surface area contributed by atoms with Crippen LogP contribution < -0.4 is 0 Å². The Morgan fingerprint density at radius 1 is 1.31 bits per heavy atom. The predicted molar refractivity (Wildman–Crippen MR) is 65.8 cm³/mol. The molecule has 1 aliphatic carbocycles. The molecule has 2 unspecified atom stereocenters. The van der Waals surface area contributed by atoms with E-state index in [2.05, 4.69) is 39.9 Å². The van der Waals surface area contributed by atoms with E-state index in [1.54, 1.807) is 0 Å². The van der Waals surface area contributed by atoms with Gasteiger partial charge in [0.25, 0.3) is 5.04 Å². The van der Waals surface area contributed by atoms with Crippen molar-refractivity contribution in [2.75, 3.05) is 0 Å². The Morgan fingerprint density at radius 3 is 3.25 bits per heavy atom. The molecule has 0 N–H and O–H groups in total. The minimum atomic E-state index is 0.527. The molecule has 0 saturated heterocycles. The van der Waals surface area contributed by atoms with Crippen LogP contribution in [0.4, 0.5) is 0 Å². The highest BCUT2D eigenvalue weighted by molar-refractivity contribution is 8.15. The van der Waals surface area contributed by atoms with Crippen molar-refractivity contribution in [3.63, 3.8) is 0 Å². The second kappa shape index (κ2) is 3.08. The fourth-order valence-corrected chi connectivity index (χ4v) is 4.03. The molecular formula is C13H11N2S+. The van der Waals surface area contributed by atoms with E-state index in [1.807, 2.05) is 24.0 Å². The Hall–Kier alpha value is -1.35. The van der Waals surface area contributed by atoms with E-state index in [0.717, 1.165) is 6.54 Å². The second-order valence-corrected chi connectivity index (χ2v) is 5.45. The molecule has 1 aromatic heterocycles. The summed E-state index contributed by atoms with van der Waals surface area (Å²) in [5, 5.41) is 1.94. The van der Waals surface area contributed by atoms with Gasteiger partial charge in [-0.1, -0.05) is 18.2 Å². The molecule has 0 aromatic carbocycles. The molecule has 2 nitrogen and oxygen atoms in total. The van der Waals surface area contributed by atoms with Crippen LogP contribution in [-0.4, -0.2) is 25.9 Å². The van der Waals surface area contributed by atoms with Crippen molar-refractivity contribution in [3.8, 4) is 0 Å². The maximum atomic E-state index is 4.51. The molecule has 3 heterocycles. The van der Waals surface area contributed by atoms with E-state index in [-0.39, 0.29) is 0 Å². The number of rotatable bonds is 0. The summed E-state index contributed by atoms with van der Waals surface area (Å²) in [4.78, 5) is 4.51. The number of hydrogen-bond acceptors (Lipinski definition) is 2. The molecule has 4 rings (SSSR count). The Kier molecular flexibility index (Phi) is 1.68. The van der Waals surface area contributed by atoms with E-state index >= 15 is 0 Å². The Morgan fingerprint density at radius 2 is 2.25 bits per heavy atom. The summed E-state index contributed by atoms with van der Waals surface area (Å²) in [7, 11) is 0. The number of aromatic nitrogens is 1. The fraction of sp³-hybridized carbons (Fsp3) is 0.231. The lowest BCUT2D eigenvalue weighted by molar-refractivity contribution is -0.558. The first kappa shape index (κ1) is 8.76. The summed E-state index contributed by atoms with van der Waals surface area (Å²) in [5.41, 5.74) is 2.56. The first-order chi connectivity index (χ1) is 7.93. The SMILES string of the molecule is C1=CC2SC3=[N+](Cc4cccnc43)C2C=C1. The summed E-state index contributed by atoms with van der Waals surface area (Å²) in [5.74, 6) is 0. The zero-order chi connectivity index (χ0) is 10.5. The maximum absolute atomic E-state index is 4.51. The molecule has 16 heavy (non-hydrogen) atoms. The molecule has 2 aliphatic heterocycles. The Balaban J connectivity index is 1.84. The van der Waals surface area contributed by atoms with Gasteiger partial charge in [0.2, 0.25) is 0 Å². The van der Waals surface area contributed by atoms with E-state index in [4.69, 9.17) is 0 Å². The normalized spacial score (nSPS) is 29.2. The third-order valence-electron chi connectivity index (χ3n) is 3.36. The molecule has 0 fully saturated rings. The van der Waals surface area contributed by atoms with Crippen LogP contribution in [0.15, 0.2) is 42.6 Å². The minimum absolute atomic E-state index is 0.527. The van der Waals surface area contributed by atoms with Crippen molar-refractivity contribution in [3.05, 3.63) is 53.9 Å². The van der Waals surface area contributed by atoms with Crippen molar-refractivity contribution in [1.82, 2.24) is 4.98 Å². The van der Waals surface area contributed by atoms with Crippen molar-refractivity contribution >= 4 is 16.8 Å². The van der Waals surface area contributed by atoms with E-state index in [9.17, 15) is 0 Å². The highest BCUT2D eigenvalue weighted by Crippen LogP contribution is 2.37. The molecule has 78 valence electrons. The molecule has 3 aliphatic rings. The average molecular weight is 227 g/mol. The number of pyridine rings is 1. The van der Waals surface area contributed by atoms with Crippen molar-refractivity contribution in [1.29, 1.82) is 0 Å². The van der Waals surface area contributed by atoms with Gasteiger partial charge in [-0.15, -0.1) is 0 Å². The van der Waals surface area contributed by atoms with Gasteiger partial charge in [-0.25, -0.2) is 9.56 Å². The first-order valence-corrected chi connectivity index (χ1v) is 6.41. The molecule has 0 spiro atoms.